The highest BCUT2D eigenvalue weighted by Gasteiger charge is 2.45. The van der Waals surface area contributed by atoms with Gasteiger partial charge in [-0.05, 0) is 48.9 Å². The lowest BCUT2D eigenvalue weighted by molar-refractivity contribution is -0.120. The van der Waals surface area contributed by atoms with Crippen LogP contribution < -0.4 is 0 Å². The fourth-order valence-corrected chi connectivity index (χ4v) is 4.81. The normalized spacial score (nSPS) is 30.1. The van der Waals surface area contributed by atoms with Gasteiger partial charge < -0.3 is 4.79 Å². The molecule has 1 aliphatic carbocycles. The molecule has 1 nitrogen and oxygen atoms in total. The molecule has 0 aromatic rings. The average molecular weight is 295 g/mol. The first-order valence-corrected chi connectivity index (χ1v) is 9.30. The summed E-state index contributed by atoms with van der Waals surface area (Å²) in [6.07, 6.45) is 10.0. The Balaban J connectivity index is 2.80. The summed E-state index contributed by atoms with van der Waals surface area (Å²) in [4.78, 5) is 11.8. The molecular weight excluding hydrogens is 256 g/mol. The van der Waals surface area contributed by atoms with Crippen molar-refractivity contribution in [1.82, 2.24) is 0 Å². The lowest BCUT2D eigenvalue weighted by Crippen LogP contribution is -2.44. The molecule has 0 aliphatic heterocycles. The highest BCUT2D eigenvalue weighted by molar-refractivity contribution is 5.75. The topological polar surface area (TPSA) is 17.1 Å². The van der Waals surface area contributed by atoms with Gasteiger partial charge in [-0.3, -0.25) is 0 Å². The van der Waals surface area contributed by atoms with Gasteiger partial charge in [0.1, 0.15) is 5.78 Å². The largest absolute Gasteiger partial charge is 0.300 e. The maximum atomic E-state index is 11.8. The number of unbranched alkanes of at least 4 members (excludes halogenated alkanes) is 3. The number of carbonyl (C=O) groups is 1. The summed E-state index contributed by atoms with van der Waals surface area (Å²) >= 11 is 0. The molecule has 1 heteroatoms. The molecule has 1 rings (SSSR count). The Labute approximate surface area is 133 Å². The smallest absolute Gasteiger partial charge is 0.130 e. The van der Waals surface area contributed by atoms with Gasteiger partial charge in [0.2, 0.25) is 0 Å². The minimum atomic E-state index is 0.378. The summed E-state index contributed by atoms with van der Waals surface area (Å²) in [5.41, 5.74) is 0.378. The van der Waals surface area contributed by atoms with Gasteiger partial charge in [-0.2, -0.15) is 0 Å². The SMILES string of the molecule is CCCCCCC(CC(C)=O)C1C(C)CCC(C)C1(C)C. The first-order valence-electron chi connectivity index (χ1n) is 9.30. The first-order chi connectivity index (χ1) is 9.80. The molecule has 1 aliphatic rings. The highest BCUT2D eigenvalue weighted by atomic mass is 16.1. The Morgan fingerprint density at radius 3 is 2.38 bits per heavy atom. The second kappa shape index (κ2) is 8.34. The second-order valence-electron chi connectivity index (χ2n) is 8.32. The number of hydrogen-bond donors (Lipinski definition) is 0. The van der Waals surface area contributed by atoms with Crippen LogP contribution in [0.25, 0.3) is 0 Å². The van der Waals surface area contributed by atoms with Gasteiger partial charge in [0, 0.05) is 6.42 Å². The quantitative estimate of drug-likeness (QED) is 0.483. The summed E-state index contributed by atoms with van der Waals surface area (Å²) in [7, 11) is 0. The lowest BCUT2D eigenvalue weighted by atomic mass is 9.54. The fourth-order valence-electron chi connectivity index (χ4n) is 4.81. The van der Waals surface area contributed by atoms with Crippen molar-refractivity contribution < 1.29 is 4.79 Å². The number of hydrogen-bond acceptors (Lipinski definition) is 1. The molecule has 4 unspecified atom stereocenters. The molecule has 1 fully saturated rings. The molecule has 21 heavy (non-hydrogen) atoms. The minimum absolute atomic E-state index is 0.378. The molecule has 0 spiro atoms. The maximum absolute atomic E-state index is 11.8. The fraction of sp³-hybridized carbons (Fsp3) is 0.950. The summed E-state index contributed by atoms with van der Waals surface area (Å²) in [6.45, 7) is 13.8. The van der Waals surface area contributed by atoms with Gasteiger partial charge in [-0.1, -0.05) is 66.7 Å². The van der Waals surface area contributed by atoms with Crippen LogP contribution in [-0.2, 0) is 4.79 Å². The van der Waals surface area contributed by atoms with Crippen molar-refractivity contribution in [2.24, 2.45) is 29.1 Å². The van der Waals surface area contributed by atoms with E-state index in [1.54, 1.807) is 6.92 Å². The van der Waals surface area contributed by atoms with Crippen molar-refractivity contribution in [3.8, 4) is 0 Å². The highest BCUT2D eigenvalue weighted by Crippen LogP contribution is 2.52. The van der Waals surface area contributed by atoms with Crippen molar-refractivity contribution in [2.45, 2.75) is 92.9 Å². The van der Waals surface area contributed by atoms with E-state index >= 15 is 0 Å². The van der Waals surface area contributed by atoms with Gasteiger partial charge >= 0.3 is 0 Å². The molecule has 0 saturated heterocycles. The lowest BCUT2D eigenvalue weighted by Gasteiger charge is -2.51. The van der Waals surface area contributed by atoms with Crippen LogP contribution in [0.4, 0.5) is 0 Å². The predicted octanol–water partition coefficient (Wildman–Crippen LogP) is 6.26. The third-order valence-electron chi connectivity index (χ3n) is 6.28. The van der Waals surface area contributed by atoms with E-state index in [1.165, 1.54) is 44.9 Å². The molecule has 1 saturated carbocycles. The van der Waals surface area contributed by atoms with Crippen molar-refractivity contribution in [3.05, 3.63) is 0 Å². The van der Waals surface area contributed by atoms with Crippen LogP contribution in [0.15, 0.2) is 0 Å². The Kier molecular flexibility index (Phi) is 7.44. The van der Waals surface area contributed by atoms with Gasteiger partial charge in [-0.25, -0.2) is 0 Å². The molecule has 0 bridgehead atoms. The van der Waals surface area contributed by atoms with Crippen LogP contribution >= 0.6 is 0 Å². The van der Waals surface area contributed by atoms with Crippen LogP contribution in [0.5, 0.6) is 0 Å². The minimum Gasteiger partial charge on any atom is -0.300 e. The molecule has 0 radical (unpaired) electrons. The van der Waals surface area contributed by atoms with Crippen LogP contribution in [0.2, 0.25) is 0 Å². The number of ketones is 1. The van der Waals surface area contributed by atoms with Gasteiger partial charge in [-0.15, -0.1) is 0 Å². The third kappa shape index (κ3) is 5.11. The molecular formula is C20H38O. The van der Waals surface area contributed by atoms with Crippen molar-refractivity contribution in [1.29, 1.82) is 0 Å². The van der Waals surface area contributed by atoms with E-state index in [1.807, 2.05) is 0 Å². The number of carbonyl (C=O) groups excluding carboxylic acids is 1. The van der Waals surface area contributed by atoms with E-state index in [4.69, 9.17) is 0 Å². The summed E-state index contributed by atoms with van der Waals surface area (Å²) in [5.74, 6) is 3.26. The van der Waals surface area contributed by atoms with Gasteiger partial charge in [0.15, 0.2) is 0 Å². The zero-order valence-corrected chi connectivity index (χ0v) is 15.4. The maximum Gasteiger partial charge on any atom is 0.130 e. The molecule has 0 amide bonds. The second-order valence-corrected chi connectivity index (χ2v) is 8.32. The predicted molar refractivity (Wildman–Crippen MR) is 92.4 cm³/mol. The van der Waals surface area contributed by atoms with Crippen molar-refractivity contribution in [3.63, 3.8) is 0 Å². The summed E-state index contributed by atoms with van der Waals surface area (Å²) in [5, 5.41) is 0. The molecule has 0 N–H and O–H groups in total. The number of rotatable bonds is 8. The van der Waals surface area contributed by atoms with E-state index in [0.717, 1.165) is 18.3 Å². The van der Waals surface area contributed by atoms with E-state index in [-0.39, 0.29) is 0 Å². The summed E-state index contributed by atoms with van der Waals surface area (Å²) in [6, 6.07) is 0. The Bertz CT molecular complexity index is 318. The Morgan fingerprint density at radius 1 is 1.14 bits per heavy atom. The molecule has 4 atom stereocenters. The average Bonchev–Trinajstić information content (AvgIpc) is 2.38. The number of Topliss-reactive ketones (excluding diaryl/α,β-unsaturated/α-hetero) is 1. The molecule has 0 aromatic carbocycles. The van der Waals surface area contributed by atoms with Crippen LogP contribution in [-0.4, -0.2) is 5.78 Å². The summed E-state index contributed by atoms with van der Waals surface area (Å²) < 4.78 is 0. The van der Waals surface area contributed by atoms with E-state index in [2.05, 4.69) is 34.6 Å². The Morgan fingerprint density at radius 2 is 1.81 bits per heavy atom. The van der Waals surface area contributed by atoms with Crippen LogP contribution in [0, 0.1) is 29.1 Å². The zero-order valence-electron chi connectivity index (χ0n) is 15.4. The van der Waals surface area contributed by atoms with Crippen molar-refractivity contribution >= 4 is 5.78 Å². The third-order valence-corrected chi connectivity index (χ3v) is 6.28. The first kappa shape index (κ1) is 18.7. The monoisotopic (exact) mass is 294 g/mol. The van der Waals surface area contributed by atoms with Gasteiger partial charge in [0.05, 0.1) is 0 Å². The standard InChI is InChI=1S/C20H38O/c1-7-8-9-10-11-18(14-17(4)21)19-15(2)12-13-16(3)20(19,5)6/h15-16,18-19H,7-14H2,1-6H3. The van der Waals surface area contributed by atoms with Crippen LogP contribution in [0.3, 0.4) is 0 Å². The van der Waals surface area contributed by atoms with E-state index in [0.29, 0.717) is 23.0 Å². The molecule has 124 valence electrons. The zero-order chi connectivity index (χ0) is 16.0. The Hall–Kier alpha value is -0.330. The van der Waals surface area contributed by atoms with Crippen LogP contribution in [0.1, 0.15) is 92.9 Å². The molecule has 0 heterocycles. The van der Waals surface area contributed by atoms with Gasteiger partial charge in [0.25, 0.3) is 0 Å². The van der Waals surface area contributed by atoms with E-state index in [9.17, 15) is 4.79 Å². The van der Waals surface area contributed by atoms with E-state index < -0.39 is 0 Å². The van der Waals surface area contributed by atoms with Crippen molar-refractivity contribution in [2.75, 3.05) is 0 Å². The molecule has 0 aromatic heterocycles.